The van der Waals surface area contributed by atoms with Crippen LogP contribution >= 0.6 is 0 Å². The third-order valence-corrected chi connectivity index (χ3v) is 4.68. The molecule has 0 spiro atoms. The minimum atomic E-state index is -0.519. The van der Waals surface area contributed by atoms with Crippen LogP contribution in [0.5, 0.6) is 0 Å². The molecule has 10 heteroatoms. The maximum Gasteiger partial charge on any atom is 0.270 e. The molecule has 1 saturated carbocycles. The van der Waals surface area contributed by atoms with Crippen LogP contribution in [0.15, 0.2) is 42.5 Å². The van der Waals surface area contributed by atoms with E-state index >= 15 is 0 Å². The van der Waals surface area contributed by atoms with Crippen LogP contribution in [0, 0.1) is 10.1 Å². The van der Waals surface area contributed by atoms with Crippen LogP contribution in [0.25, 0.3) is 11.4 Å². The number of hydrogen-bond acceptors (Lipinski definition) is 7. The zero-order chi connectivity index (χ0) is 20.5. The van der Waals surface area contributed by atoms with Gasteiger partial charge in [0.1, 0.15) is 0 Å². The van der Waals surface area contributed by atoms with Gasteiger partial charge >= 0.3 is 0 Å². The van der Waals surface area contributed by atoms with Gasteiger partial charge < -0.3 is 10.2 Å². The second-order valence-electron chi connectivity index (χ2n) is 7.07. The smallest absolute Gasteiger partial charge is 0.270 e. The first-order chi connectivity index (χ1) is 13.9. The van der Waals surface area contributed by atoms with Crippen molar-refractivity contribution in [2.45, 2.75) is 18.9 Å². The van der Waals surface area contributed by atoms with Crippen molar-refractivity contribution in [2.24, 2.45) is 0 Å². The van der Waals surface area contributed by atoms with Crippen molar-refractivity contribution in [2.75, 3.05) is 24.3 Å². The molecule has 0 unspecified atom stereocenters. The van der Waals surface area contributed by atoms with Crippen LogP contribution in [-0.4, -0.2) is 45.1 Å². The van der Waals surface area contributed by atoms with Crippen molar-refractivity contribution in [1.82, 2.24) is 20.2 Å². The molecule has 4 rings (SSSR count). The molecule has 1 aromatic heterocycles. The highest BCUT2D eigenvalue weighted by Gasteiger charge is 2.28. The minimum absolute atomic E-state index is 0.141. The molecule has 2 aromatic carbocycles. The number of nitro benzene ring substituents is 1. The summed E-state index contributed by atoms with van der Waals surface area (Å²) in [6, 6.07) is 11.8. The van der Waals surface area contributed by atoms with Crippen molar-refractivity contribution < 1.29 is 9.72 Å². The number of carbonyl (C=O) groups excluding carboxylic acids is 1. The Morgan fingerprint density at radius 3 is 2.72 bits per heavy atom. The number of nitrogens with zero attached hydrogens (tertiary/aromatic N) is 6. The average molecular weight is 393 g/mol. The summed E-state index contributed by atoms with van der Waals surface area (Å²) < 4.78 is 1.80. The molecule has 1 heterocycles. The van der Waals surface area contributed by atoms with Crippen LogP contribution in [-0.2, 0) is 0 Å². The molecule has 10 nitrogen and oxygen atoms in total. The number of amides is 1. The summed E-state index contributed by atoms with van der Waals surface area (Å²) in [5, 5.41) is 25.9. The summed E-state index contributed by atoms with van der Waals surface area (Å²) in [7, 11) is 3.55. The topological polar surface area (TPSA) is 119 Å². The molecular formula is C19H19N7O3. The second-order valence-corrected chi connectivity index (χ2v) is 7.07. The third kappa shape index (κ3) is 3.77. The number of hydrogen-bond donors (Lipinski definition) is 1. The molecule has 1 fully saturated rings. The highest BCUT2D eigenvalue weighted by molar-refractivity contribution is 6.08. The maximum absolute atomic E-state index is 12.9. The highest BCUT2D eigenvalue weighted by Crippen LogP contribution is 2.37. The van der Waals surface area contributed by atoms with Crippen LogP contribution in [0.3, 0.4) is 0 Å². The van der Waals surface area contributed by atoms with Gasteiger partial charge in [0, 0.05) is 43.2 Å². The van der Waals surface area contributed by atoms with Crippen molar-refractivity contribution in [3.8, 4) is 11.4 Å². The summed E-state index contributed by atoms with van der Waals surface area (Å²) in [6.45, 7) is 0. The monoisotopic (exact) mass is 393 g/mol. The lowest BCUT2D eigenvalue weighted by Gasteiger charge is -2.17. The van der Waals surface area contributed by atoms with E-state index in [9.17, 15) is 14.9 Å². The van der Waals surface area contributed by atoms with Crippen LogP contribution in [0.4, 0.5) is 17.1 Å². The predicted octanol–water partition coefficient (Wildman–Crippen LogP) is 2.90. The van der Waals surface area contributed by atoms with E-state index in [1.54, 1.807) is 47.9 Å². The van der Waals surface area contributed by atoms with Crippen LogP contribution in [0.1, 0.15) is 29.2 Å². The Morgan fingerprint density at radius 2 is 2.03 bits per heavy atom. The van der Waals surface area contributed by atoms with Crippen molar-refractivity contribution in [1.29, 1.82) is 0 Å². The number of anilines is 2. The Balaban J connectivity index is 1.63. The van der Waals surface area contributed by atoms with Gasteiger partial charge in [0.05, 0.1) is 16.5 Å². The van der Waals surface area contributed by atoms with Gasteiger partial charge in [0.25, 0.3) is 11.6 Å². The molecule has 0 atom stereocenters. The molecule has 0 radical (unpaired) electrons. The zero-order valence-electron chi connectivity index (χ0n) is 15.9. The van der Waals surface area contributed by atoms with Crippen molar-refractivity contribution >= 4 is 23.0 Å². The summed E-state index contributed by atoms with van der Waals surface area (Å²) in [6.07, 6.45) is 2.10. The average Bonchev–Trinajstić information content (AvgIpc) is 3.43. The fraction of sp³-hybridized carbons (Fsp3) is 0.263. The van der Waals surface area contributed by atoms with Crippen molar-refractivity contribution in [3.05, 3.63) is 58.1 Å². The number of nitrogens with one attached hydrogen (secondary N) is 1. The number of non-ortho nitro benzene ring substituents is 1. The van der Waals surface area contributed by atoms with Gasteiger partial charge in [-0.15, -0.1) is 5.10 Å². The molecule has 1 aliphatic rings. The van der Waals surface area contributed by atoms with Gasteiger partial charge in [-0.1, -0.05) is 12.1 Å². The fourth-order valence-corrected chi connectivity index (χ4v) is 3.09. The van der Waals surface area contributed by atoms with E-state index in [0.717, 1.165) is 18.4 Å². The number of nitro groups is 1. The second kappa shape index (κ2) is 7.30. The number of carbonyl (C=O) groups is 1. The quantitative estimate of drug-likeness (QED) is 0.505. The normalized spacial score (nSPS) is 13.2. The summed E-state index contributed by atoms with van der Waals surface area (Å²) in [4.78, 5) is 25.2. The number of rotatable bonds is 6. The first-order valence-electron chi connectivity index (χ1n) is 9.09. The van der Waals surface area contributed by atoms with Crippen molar-refractivity contribution in [3.63, 3.8) is 0 Å². The Morgan fingerprint density at radius 1 is 1.24 bits per heavy atom. The first-order valence-corrected chi connectivity index (χ1v) is 9.09. The fourth-order valence-electron chi connectivity index (χ4n) is 3.09. The van der Waals surface area contributed by atoms with Gasteiger partial charge in [0.2, 0.25) is 0 Å². The van der Waals surface area contributed by atoms with Crippen LogP contribution < -0.4 is 10.2 Å². The van der Waals surface area contributed by atoms with E-state index in [0.29, 0.717) is 23.2 Å². The standard InChI is InChI=1S/C19H19N7O3/c1-24(2)17-9-8-15(26(28)29)11-16(17)19(27)20-13-5-3-4-12(10-13)18-21-22-23-25(18)14-6-7-14/h3-5,8-11,14H,6-7H2,1-2H3,(H,20,27). The third-order valence-electron chi connectivity index (χ3n) is 4.68. The SMILES string of the molecule is CN(C)c1ccc([N+](=O)[O-])cc1C(=O)Nc1cccc(-c2nnnn2C2CC2)c1. The van der Waals surface area contributed by atoms with Gasteiger partial charge in [-0.25, -0.2) is 4.68 Å². The lowest BCUT2D eigenvalue weighted by atomic mass is 10.1. The Labute approximate surface area is 166 Å². The number of benzene rings is 2. The Bertz CT molecular complexity index is 1090. The van der Waals surface area contributed by atoms with E-state index in [-0.39, 0.29) is 11.3 Å². The number of aromatic nitrogens is 4. The largest absolute Gasteiger partial charge is 0.377 e. The van der Waals surface area contributed by atoms with Gasteiger partial charge in [-0.2, -0.15) is 0 Å². The molecule has 0 saturated heterocycles. The summed E-state index contributed by atoms with van der Waals surface area (Å²) in [5.74, 6) is 0.212. The van der Waals surface area contributed by atoms with E-state index < -0.39 is 10.8 Å². The lowest BCUT2D eigenvalue weighted by Crippen LogP contribution is -2.18. The van der Waals surface area contributed by atoms with Crippen LogP contribution in [0.2, 0.25) is 0 Å². The Hall–Kier alpha value is -3.82. The molecule has 29 heavy (non-hydrogen) atoms. The summed E-state index contributed by atoms with van der Waals surface area (Å²) in [5.41, 5.74) is 2.00. The molecule has 1 amide bonds. The molecule has 3 aromatic rings. The molecular weight excluding hydrogens is 374 g/mol. The van der Waals surface area contributed by atoms with E-state index in [1.807, 2.05) is 6.07 Å². The zero-order valence-corrected chi connectivity index (χ0v) is 15.9. The van der Waals surface area contributed by atoms with Gasteiger partial charge in [-0.05, 0) is 41.5 Å². The van der Waals surface area contributed by atoms with E-state index in [2.05, 4.69) is 20.8 Å². The molecule has 1 N–H and O–H groups in total. The predicted molar refractivity (Wildman–Crippen MR) is 107 cm³/mol. The molecule has 1 aliphatic carbocycles. The first kappa shape index (κ1) is 18.5. The maximum atomic E-state index is 12.9. The molecule has 0 aliphatic heterocycles. The van der Waals surface area contributed by atoms with E-state index in [1.165, 1.54) is 12.1 Å². The molecule has 148 valence electrons. The van der Waals surface area contributed by atoms with Gasteiger partial charge in [-0.3, -0.25) is 14.9 Å². The summed E-state index contributed by atoms with van der Waals surface area (Å²) >= 11 is 0. The minimum Gasteiger partial charge on any atom is -0.377 e. The molecule has 0 bridgehead atoms. The van der Waals surface area contributed by atoms with E-state index in [4.69, 9.17) is 0 Å². The number of tetrazole rings is 1. The lowest BCUT2D eigenvalue weighted by molar-refractivity contribution is -0.384. The van der Waals surface area contributed by atoms with Gasteiger partial charge in [0.15, 0.2) is 5.82 Å². The Kier molecular flexibility index (Phi) is 4.67. The highest BCUT2D eigenvalue weighted by atomic mass is 16.6.